The number of hydrogen-bond donors (Lipinski definition) is 0. The second-order valence-corrected chi connectivity index (χ2v) is 11.5. The van der Waals surface area contributed by atoms with Crippen molar-refractivity contribution < 1.29 is 108 Å². The number of ether oxygens (including phenoxy) is 7. The summed E-state index contributed by atoms with van der Waals surface area (Å²) < 4.78 is 162. The Labute approximate surface area is 254 Å². The van der Waals surface area contributed by atoms with Gasteiger partial charge in [0.15, 0.2) is 49.5 Å². The molecule has 0 N–H and O–H groups in total. The Bertz CT molecular complexity index is 1180. The first kappa shape index (κ1) is 39.7. The van der Waals surface area contributed by atoms with E-state index in [-0.39, 0.29) is 12.3 Å². The number of hydrogen-bond acceptors (Lipinski definition) is 25. The Morgan fingerprint density at radius 3 is 1.73 bits per heavy atom. The standard InChI is InChI=1S/C16H29O24S4/c1-27-9-8(7(5-32-42(18,19)20)33-14(29-3)12(9)37-43(21,22)23)34-16-13(38-44(24,25)26)10(28-2)11(15(35-16)31-6-17)36-41-40-39-30-4/h7-16H,5-6H2,1-4H3,(H,18,19,20)(H,21,22,23)(H,24,25,26)/q-1/p-3/t7-,8-,9?,10+,11-,12?,13?,14+,15?,16-/m1/s1. The van der Waals surface area contributed by atoms with Gasteiger partial charge in [-0.1, -0.05) is 5.04 Å². The first-order chi connectivity index (χ1) is 20.5. The van der Waals surface area contributed by atoms with Crippen LogP contribution in [0, 0.1) is 0 Å². The van der Waals surface area contributed by atoms with E-state index in [0.29, 0.717) is 0 Å². The molecule has 2 aliphatic heterocycles. The van der Waals surface area contributed by atoms with Crippen molar-refractivity contribution in [1.82, 2.24) is 0 Å². The molecular weight excluding hydrogens is 704 g/mol. The van der Waals surface area contributed by atoms with Gasteiger partial charge in [-0.3, -0.25) is 16.7 Å². The minimum atomic E-state index is -5.64. The van der Waals surface area contributed by atoms with E-state index < -0.39 is 106 Å². The van der Waals surface area contributed by atoms with Gasteiger partial charge in [0.1, 0.15) is 24.4 Å². The fourth-order valence-electron chi connectivity index (χ4n) is 3.98. The highest BCUT2D eigenvalue weighted by Gasteiger charge is 2.55. The predicted molar refractivity (Wildman–Crippen MR) is 123 cm³/mol. The predicted octanol–water partition coefficient (Wildman–Crippen LogP) is -4.58. The van der Waals surface area contributed by atoms with Gasteiger partial charge in [0.25, 0.3) is 0 Å². The Morgan fingerprint density at radius 2 is 1.25 bits per heavy atom. The van der Waals surface area contributed by atoms with Crippen LogP contribution in [0.1, 0.15) is 0 Å². The van der Waals surface area contributed by atoms with Crippen LogP contribution < -0.4 is 5.11 Å². The lowest BCUT2D eigenvalue weighted by molar-refractivity contribution is -0.471. The average Bonchev–Trinajstić information content (AvgIpc) is 2.90. The van der Waals surface area contributed by atoms with Crippen LogP contribution >= 0.6 is 12.3 Å². The van der Waals surface area contributed by atoms with E-state index in [1.807, 2.05) is 0 Å². The Balaban J connectivity index is 2.57. The van der Waals surface area contributed by atoms with Crippen LogP contribution in [-0.2, 0) is 95.3 Å². The van der Waals surface area contributed by atoms with Crippen molar-refractivity contribution in [3.63, 3.8) is 0 Å². The molecule has 0 amide bonds. The molecule has 2 fully saturated rings. The van der Waals surface area contributed by atoms with Gasteiger partial charge >= 0.3 is 0 Å². The molecule has 2 saturated heterocycles. The van der Waals surface area contributed by atoms with Crippen molar-refractivity contribution in [3.05, 3.63) is 0 Å². The molecule has 2 aliphatic rings. The summed E-state index contributed by atoms with van der Waals surface area (Å²) in [6.45, 7) is -2.50. The van der Waals surface area contributed by atoms with E-state index in [1.54, 1.807) is 0 Å². The summed E-state index contributed by atoms with van der Waals surface area (Å²) in [6, 6.07) is 0. The van der Waals surface area contributed by atoms with Gasteiger partial charge < -0.3 is 51.9 Å². The second kappa shape index (κ2) is 17.6. The van der Waals surface area contributed by atoms with Gasteiger partial charge in [0.2, 0.25) is 31.2 Å². The van der Waals surface area contributed by atoms with Crippen molar-refractivity contribution in [1.29, 1.82) is 0 Å². The summed E-state index contributed by atoms with van der Waals surface area (Å²) >= 11 is 0.0384. The molecular formula is C16H26O24S4-4. The quantitative estimate of drug-likeness (QED) is 0.0229. The molecule has 0 spiro atoms. The highest BCUT2D eigenvalue weighted by molar-refractivity contribution is 7.89. The summed E-state index contributed by atoms with van der Waals surface area (Å²) in [6.07, 6.45) is -19.1. The van der Waals surface area contributed by atoms with Gasteiger partial charge in [-0.25, -0.2) is 30.1 Å². The topological polar surface area (TPSA) is 324 Å². The molecule has 0 aliphatic carbocycles. The lowest BCUT2D eigenvalue weighted by Gasteiger charge is -2.49. The van der Waals surface area contributed by atoms with Crippen LogP contribution in [0.15, 0.2) is 0 Å². The SMILES string of the molecule is COOOSO[C@H]1C(OC[O-])O[C@@H](O[C@H]2C(OC)C(OS(=O)(=O)[O-])[C@@H](OC)O[C@@H]2COS(=O)(=O)[O-])C(OS(=O)(=O)[O-])[C@H]1OC. The smallest absolute Gasteiger partial charge is 0.218 e. The van der Waals surface area contributed by atoms with E-state index in [1.165, 1.54) is 0 Å². The molecule has 0 saturated carbocycles. The first-order valence-corrected chi connectivity index (χ1v) is 16.0. The van der Waals surface area contributed by atoms with Crippen molar-refractivity contribution >= 4 is 43.5 Å². The van der Waals surface area contributed by atoms with Crippen LogP contribution in [0.4, 0.5) is 0 Å². The van der Waals surface area contributed by atoms with Crippen LogP contribution in [0.5, 0.6) is 0 Å². The highest BCUT2D eigenvalue weighted by Crippen LogP contribution is 2.36. The second-order valence-electron chi connectivity index (χ2n) is 8.00. The Hall–Kier alpha value is -0.520. The van der Waals surface area contributed by atoms with Crippen molar-refractivity contribution in [3.8, 4) is 0 Å². The zero-order valence-corrected chi connectivity index (χ0v) is 25.9. The third-order valence-corrected chi connectivity index (χ3v) is 7.20. The first-order valence-electron chi connectivity index (χ1n) is 11.3. The molecule has 28 heteroatoms. The minimum absolute atomic E-state index is 0.0384. The van der Waals surface area contributed by atoms with Gasteiger partial charge in [0, 0.05) is 21.3 Å². The molecule has 10 atom stereocenters. The average molecular weight is 731 g/mol. The van der Waals surface area contributed by atoms with Crippen LogP contribution in [0.2, 0.25) is 0 Å². The van der Waals surface area contributed by atoms with Crippen LogP contribution in [0.3, 0.4) is 0 Å². The molecule has 262 valence electrons. The fraction of sp³-hybridized carbons (Fsp3) is 1.00. The lowest BCUT2D eigenvalue weighted by Crippen LogP contribution is -2.66. The maximum atomic E-state index is 11.7. The number of rotatable bonds is 19. The molecule has 44 heavy (non-hydrogen) atoms. The molecule has 0 radical (unpaired) electrons. The lowest BCUT2D eigenvalue weighted by atomic mass is 9.98. The normalized spacial score (nSPS) is 33.8. The number of methoxy groups -OCH3 is 3. The van der Waals surface area contributed by atoms with Crippen LogP contribution in [-0.4, -0.2) is 142 Å². The molecule has 4 unspecified atom stereocenters. The largest absolute Gasteiger partial charge is 0.834 e. The minimum Gasteiger partial charge on any atom is -0.834 e. The molecule has 0 aromatic heterocycles. The zero-order chi connectivity index (χ0) is 33.3. The van der Waals surface area contributed by atoms with Crippen molar-refractivity contribution in [2.24, 2.45) is 0 Å². The monoisotopic (exact) mass is 730 g/mol. The maximum absolute atomic E-state index is 11.7. The summed E-state index contributed by atoms with van der Waals surface area (Å²) in [4.78, 5) is 4.17. The van der Waals surface area contributed by atoms with E-state index >= 15 is 0 Å². The molecule has 2 rings (SSSR count). The third-order valence-electron chi connectivity index (χ3n) is 5.45. The molecule has 0 aromatic rings. The van der Waals surface area contributed by atoms with E-state index in [0.717, 1.165) is 28.4 Å². The van der Waals surface area contributed by atoms with Gasteiger partial charge in [-0.15, -0.1) is 4.33 Å². The maximum Gasteiger partial charge on any atom is 0.218 e. The van der Waals surface area contributed by atoms with Gasteiger partial charge in [-0.2, -0.15) is 0 Å². The van der Waals surface area contributed by atoms with E-state index in [4.69, 9.17) is 37.3 Å². The van der Waals surface area contributed by atoms with Gasteiger partial charge in [0.05, 0.1) is 13.7 Å². The fourth-order valence-corrected chi connectivity index (χ4v) is 5.63. The zero-order valence-electron chi connectivity index (χ0n) is 22.6. The summed E-state index contributed by atoms with van der Waals surface area (Å²) in [7, 11) is -12.7. The summed E-state index contributed by atoms with van der Waals surface area (Å²) in [5.41, 5.74) is 0. The summed E-state index contributed by atoms with van der Waals surface area (Å²) in [5.74, 6) is 0. The van der Waals surface area contributed by atoms with E-state index in [2.05, 4.69) is 26.8 Å². The van der Waals surface area contributed by atoms with Gasteiger partial charge in [-0.05, 0) is 6.79 Å². The Morgan fingerprint density at radius 1 is 0.682 bits per heavy atom. The molecule has 24 nitrogen and oxygen atoms in total. The molecule has 0 bridgehead atoms. The summed E-state index contributed by atoms with van der Waals surface area (Å²) in [5, 5.41) is 15.5. The third kappa shape index (κ3) is 12.3. The van der Waals surface area contributed by atoms with Crippen LogP contribution in [0.25, 0.3) is 0 Å². The highest BCUT2D eigenvalue weighted by atomic mass is 32.3. The molecule has 0 aromatic carbocycles. The van der Waals surface area contributed by atoms with Crippen molar-refractivity contribution in [2.45, 2.75) is 61.6 Å². The van der Waals surface area contributed by atoms with Crippen molar-refractivity contribution in [2.75, 3.05) is 41.8 Å². The molecule has 2 heterocycles. The van der Waals surface area contributed by atoms with E-state index in [9.17, 15) is 44.0 Å². The Kier molecular flexibility index (Phi) is 15.8.